The predicted molar refractivity (Wildman–Crippen MR) is 91.1 cm³/mol. The number of amides is 2. The Balaban J connectivity index is 1.98. The van der Waals surface area contributed by atoms with E-state index in [1.165, 1.54) is 5.56 Å². The highest BCUT2D eigenvalue weighted by atomic mass is 16.2. The minimum atomic E-state index is -1.11. The molecule has 1 heterocycles. The molecule has 1 aliphatic rings. The van der Waals surface area contributed by atoms with Gasteiger partial charge in [0.15, 0.2) is 5.69 Å². The Morgan fingerprint density at radius 3 is 2.50 bits per heavy atom. The quantitative estimate of drug-likeness (QED) is 0.895. The van der Waals surface area contributed by atoms with Crippen molar-refractivity contribution in [1.29, 1.82) is 0 Å². The molecule has 0 unspecified atom stereocenters. The second kappa shape index (κ2) is 5.78. The lowest BCUT2D eigenvalue weighted by molar-refractivity contribution is -0.122. The molecule has 0 spiro atoms. The molecule has 3 N–H and O–H groups in total. The van der Waals surface area contributed by atoms with Crippen LogP contribution in [0.25, 0.3) is 5.69 Å². The number of carbonyl (C=O) groups is 2. The summed E-state index contributed by atoms with van der Waals surface area (Å²) in [6.45, 7) is 5.21. The van der Waals surface area contributed by atoms with Gasteiger partial charge in [-0.3, -0.25) is 9.59 Å². The summed E-state index contributed by atoms with van der Waals surface area (Å²) in [5.41, 5.74) is 8.76. The molecule has 0 saturated heterocycles. The van der Waals surface area contributed by atoms with E-state index < -0.39 is 11.4 Å². The summed E-state index contributed by atoms with van der Waals surface area (Å²) in [7, 11) is 0. The van der Waals surface area contributed by atoms with Gasteiger partial charge in [0.1, 0.15) is 5.54 Å². The van der Waals surface area contributed by atoms with Crippen LogP contribution in [0.5, 0.6) is 0 Å². The molecule has 1 aromatic heterocycles. The van der Waals surface area contributed by atoms with Crippen molar-refractivity contribution in [2.45, 2.75) is 45.6 Å². The third-order valence-electron chi connectivity index (χ3n) is 4.47. The van der Waals surface area contributed by atoms with Gasteiger partial charge in [-0.1, -0.05) is 17.7 Å². The normalized spacial score (nSPS) is 13.6. The average Bonchev–Trinajstić information content (AvgIpc) is 3.09. The van der Waals surface area contributed by atoms with Crippen molar-refractivity contribution in [3.8, 4) is 5.69 Å². The number of nitrogens with two attached hydrogens (primary N) is 1. The van der Waals surface area contributed by atoms with Crippen LogP contribution < -0.4 is 11.1 Å². The van der Waals surface area contributed by atoms with Gasteiger partial charge in [-0.2, -0.15) is 5.10 Å². The maximum absolute atomic E-state index is 12.6. The first kappa shape index (κ1) is 16.2. The molecule has 0 radical (unpaired) electrons. The number of nitrogens with zero attached hydrogens (tertiary/aromatic N) is 2. The number of rotatable bonds is 4. The maximum Gasteiger partial charge on any atom is 0.272 e. The number of primary amides is 1. The van der Waals surface area contributed by atoms with Gasteiger partial charge in [0.2, 0.25) is 5.91 Å². The Kier molecular flexibility index (Phi) is 3.91. The van der Waals surface area contributed by atoms with Crippen molar-refractivity contribution in [2.75, 3.05) is 0 Å². The first-order chi connectivity index (χ1) is 11.3. The topological polar surface area (TPSA) is 90.0 Å². The molecule has 2 aromatic rings. The summed E-state index contributed by atoms with van der Waals surface area (Å²) in [5.74, 6) is -0.937. The highest BCUT2D eigenvalue weighted by Crippen LogP contribution is 2.28. The lowest BCUT2D eigenvalue weighted by Crippen LogP contribution is -2.53. The first-order valence-corrected chi connectivity index (χ1v) is 8.10. The van der Waals surface area contributed by atoms with Crippen LogP contribution >= 0.6 is 0 Å². The second-order valence-corrected chi connectivity index (χ2v) is 6.82. The van der Waals surface area contributed by atoms with E-state index in [1.54, 1.807) is 13.8 Å². The zero-order valence-corrected chi connectivity index (χ0v) is 14.2. The molecule has 0 saturated carbocycles. The first-order valence-electron chi connectivity index (χ1n) is 8.10. The van der Waals surface area contributed by atoms with Crippen molar-refractivity contribution in [3.05, 3.63) is 46.8 Å². The van der Waals surface area contributed by atoms with Gasteiger partial charge in [-0.25, -0.2) is 4.68 Å². The van der Waals surface area contributed by atoms with Gasteiger partial charge in [0, 0.05) is 11.3 Å². The number of hydrogen-bond acceptors (Lipinski definition) is 3. The Hall–Kier alpha value is -2.63. The molecule has 6 heteroatoms. The fraction of sp³-hybridized carbons (Fsp3) is 0.389. The molecule has 24 heavy (non-hydrogen) atoms. The standard InChI is InChI=1S/C18H22N4O2/c1-11-7-9-12(10-8-11)22-14-6-4-5-13(14)15(21-22)16(23)20-18(2,3)17(19)24/h7-10H,4-6H2,1-3H3,(H2,19,24)(H,20,23). The monoisotopic (exact) mass is 326 g/mol. The summed E-state index contributed by atoms with van der Waals surface area (Å²) in [5, 5.41) is 7.21. The molecular formula is C18H22N4O2. The van der Waals surface area contributed by atoms with Crippen LogP contribution in [-0.4, -0.2) is 27.1 Å². The Morgan fingerprint density at radius 2 is 1.88 bits per heavy atom. The summed E-state index contributed by atoms with van der Waals surface area (Å²) in [6.07, 6.45) is 2.71. The molecule has 2 amide bonds. The van der Waals surface area contributed by atoms with E-state index in [1.807, 2.05) is 35.9 Å². The second-order valence-electron chi connectivity index (χ2n) is 6.82. The van der Waals surface area contributed by atoms with E-state index in [-0.39, 0.29) is 5.91 Å². The minimum absolute atomic E-state index is 0.359. The molecule has 0 fully saturated rings. The number of aromatic nitrogens is 2. The number of carbonyl (C=O) groups excluding carboxylic acids is 2. The van der Waals surface area contributed by atoms with Gasteiger partial charge in [0.25, 0.3) is 5.91 Å². The molecule has 6 nitrogen and oxygen atoms in total. The summed E-state index contributed by atoms with van der Waals surface area (Å²) < 4.78 is 1.84. The third-order valence-corrected chi connectivity index (χ3v) is 4.47. The molecular weight excluding hydrogens is 304 g/mol. The van der Waals surface area contributed by atoms with E-state index >= 15 is 0 Å². The Labute approximate surface area is 141 Å². The van der Waals surface area contributed by atoms with Crippen LogP contribution in [0.3, 0.4) is 0 Å². The van der Waals surface area contributed by atoms with Gasteiger partial charge in [-0.05, 0) is 52.2 Å². The van der Waals surface area contributed by atoms with E-state index in [0.29, 0.717) is 5.69 Å². The highest BCUT2D eigenvalue weighted by Gasteiger charge is 2.32. The van der Waals surface area contributed by atoms with Crippen molar-refractivity contribution < 1.29 is 9.59 Å². The smallest absolute Gasteiger partial charge is 0.272 e. The van der Waals surface area contributed by atoms with Crippen LogP contribution in [0.4, 0.5) is 0 Å². The summed E-state index contributed by atoms with van der Waals surface area (Å²) in [4.78, 5) is 24.1. The molecule has 1 aromatic carbocycles. The van der Waals surface area contributed by atoms with Crippen LogP contribution in [0.2, 0.25) is 0 Å². The lowest BCUT2D eigenvalue weighted by atomic mass is 10.0. The zero-order valence-electron chi connectivity index (χ0n) is 14.2. The predicted octanol–water partition coefficient (Wildman–Crippen LogP) is 1.66. The largest absolute Gasteiger partial charge is 0.368 e. The fourth-order valence-electron chi connectivity index (χ4n) is 2.92. The van der Waals surface area contributed by atoms with E-state index in [9.17, 15) is 9.59 Å². The minimum Gasteiger partial charge on any atom is -0.368 e. The van der Waals surface area contributed by atoms with E-state index in [4.69, 9.17) is 5.73 Å². The van der Waals surface area contributed by atoms with Crippen LogP contribution in [0.15, 0.2) is 24.3 Å². The molecule has 126 valence electrons. The average molecular weight is 326 g/mol. The van der Waals surface area contributed by atoms with E-state index in [0.717, 1.165) is 36.2 Å². The van der Waals surface area contributed by atoms with Crippen molar-refractivity contribution >= 4 is 11.8 Å². The third kappa shape index (κ3) is 2.79. The highest BCUT2D eigenvalue weighted by molar-refractivity contribution is 5.98. The number of aryl methyl sites for hydroxylation is 1. The van der Waals surface area contributed by atoms with Crippen LogP contribution in [0, 0.1) is 6.92 Å². The van der Waals surface area contributed by atoms with Crippen molar-refractivity contribution in [1.82, 2.24) is 15.1 Å². The molecule has 1 aliphatic carbocycles. The molecule has 0 bridgehead atoms. The van der Waals surface area contributed by atoms with Crippen molar-refractivity contribution in [2.24, 2.45) is 5.73 Å². The van der Waals surface area contributed by atoms with E-state index in [2.05, 4.69) is 10.4 Å². The number of nitrogens with one attached hydrogen (secondary N) is 1. The SMILES string of the molecule is Cc1ccc(-n2nc(C(=O)NC(C)(C)C(N)=O)c3c2CCC3)cc1. The Morgan fingerprint density at radius 1 is 1.21 bits per heavy atom. The zero-order chi connectivity index (χ0) is 17.5. The van der Waals surface area contributed by atoms with Crippen LogP contribution in [-0.2, 0) is 17.6 Å². The van der Waals surface area contributed by atoms with Gasteiger partial charge in [-0.15, -0.1) is 0 Å². The Bertz CT molecular complexity index is 803. The van der Waals surface area contributed by atoms with Gasteiger partial charge in [0.05, 0.1) is 5.69 Å². The number of hydrogen-bond donors (Lipinski definition) is 2. The molecule has 0 aliphatic heterocycles. The van der Waals surface area contributed by atoms with Crippen LogP contribution in [0.1, 0.15) is 47.6 Å². The summed E-state index contributed by atoms with van der Waals surface area (Å²) >= 11 is 0. The maximum atomic E-state index is 12.6. The fourth-order valence-corrected chi connectivity index (χ4v) is 2.92. The number of benzene rings is 1. The lowest BCUT2D eigenvalue weighted by Gasteiger charge is -2.21. The molecule has 3 rings (SSSR count). The molecule has 0 atom stereocenters. The van der Waals surface area contributed by atoms with Gasteiger partial charge < -0.3 is 11.1 Å². The summed E-state index contributed by atoms with van der Waals surface area (Å²) in [6, 6.07) is 8.04. The van der Waals surface area contributed by atoms with Gasteiger partial charge >= 0.3 is 0 Å². The van der Waals surface area contributed by atoms with Crippen molar-refractivity contribution in [3.63, 3.8) is 0 Å². The number of fused-ring (bicyclic) bond motifs is 1.